The number of allylic oxidation sites excluding steroid dienone is 1. The van der Waals surface area contributed by atoms with Gasteiger partial charge in [-0.25, -0.2) is 9.59 Å². The van der Waals surface area contributed by atoms with E-state index in [0.29, 0.717) is 49.3 Å². The number of nitrogens with zero attached hydrogens (tertiary/aromatic N) is 4. The molecule has 0 aromatic heterocycles. The van der Waals surface area contributed by atoms with E-state index in [1.54, 1.807) is 0 Å². The zero-order chi connectivity index (χ0) is 40.8. The van der Waals surface area contributed by atoms with Gasteiger partial charge in [0.25, 0.3) is 0 Å². The van der Waals surface area contributed by atoms with E-state index >= 15 is 0 Å². The van der Waals surface area contributed by atoms with Gasteiger partial charge in [0.2, 0.25) is 0 Å². The van der Waals surface area contributed by atoms with E-state index in [9.17, 15) is 9.59 Å². The van der Waals surface area contributed by atoms with Crippen LogP contribution in [0.15, 0.2) is 12.2 Å². The average Bonchev–Trinajstić information content (AvgIpc) is 3.60. The number of carbonyl (C=O) groups is 2. The van der Waals surface area contributed by atoms with Crippen LogP contribution in [0.2, 0.25) is 0 Å². The molecular formula is C48H82N6O4+2. The quantitative estimate of drug-likeness (QED) is 0.188. The monoisotopic (exact) mass is 807 g/mol. The molecule has 10 nitrogen and oxygen atoms in total. The molecule has 58 heavy (non-hydrogen) atoms. The third-order valence-electron chi connectivity index (χ3n) is 21.0. The van der Waals surface area contributed by atoms with E-state index in [2.05, 4.69) is 68.6 Å². The van der Waals surface area contributed by atoms with Crippen molar-refractivity contribution in [3.63, 3.8) is 0 Å². The van der Waals surface area contributed by atoms with Crippen LogP contribution < -0.4 is 10.6 Å². The molecule has 5 aliphatic carbocycles. The highest BCUT2D eigenvalue weighted by molar-refractivity contribution is 5.67. The summed E-state index contributed by atoms with van der Waals surface area (Å²) < 4.78 is 15.0. The number of fused-ring (bicyclic) bond motifs is 13. The Morgan fingerprint density at radius 3 is 1.84 bits per heavy atom. The molecule has 2 amide bonds. The Kier molecular flexibility index (Phi) is 10.6. The van der Waals surface area contributed by atoms with Crippen LogP contribution in [-0.2, 0) is 9.47 Å². The summed E-state index contributed by atoms with van der Waals surface area (Å²) >= 11 is 0. The summed E-state index contributed by atoms with van der Waals surface area (Å²) in [6.45, 7) is 38.3. The van der Waals surface area contributed by atoms with Crippen molar-refractivity contribution in [2.24, 2.45) is 56.7 Å². The number of piperazine rings is 6. The second kappa shape index (κ2) is 14.9. The molecule has 10 heteroatoms. The van der Waals surface area contributed by atoms with Crippen LogP contribution in [0.4, 0.5) is 9.59 Å². The lowest BCUT2D eigenvalue weighted by Crippen LogP contribution is -2.68. The minimum absolute atomic E-state index is 0.0467. The Labute approximate surface area is 351 Å². The molecule has 0 aromatic rings. The minimum Gasteiger partial charge on any atom is -0.449 e. The third-order valence-corrected chi connectivity index (χ3v) is 21.0. The first-order valence-electron chi connectivity index (χ1n) is 24.2. The molecule has 5 unspecified atom stereocenters. The summed E-state index contributed by atoms with van der Waals surface area (Å²) in [6, 6.07) is 0. The number of hydrogen-bond donors (Lipinski definition) is 2. The molecule has 0 spiro atoms. The summed E-state index contributed by atoms with van der Waals surface area (Å²) in [4.78, 5) is 31.9. The molecule has 6 heterocycles. The van der Waals surface area contributed by atoms with Crippen molar-refractivity contribution in [2.45, 2.75) is 112 Å². The van der Waals surface area contributed by atoms with E-state index in [4.69, 9.17) is 9.47 Å². The van der Waals surface area contributed by atoms with Crippen molar-refractivity contribution in [3.8, 4) is 0 Å². The van der Waals surface area contributed by atoms with Crippen molar-refractivity contribution >= 4 is 12.2 Å². The average molecular weight is 807 g/mol. The predicted octanol–water partition coefficient (Wildman–Crippen LogP) is 6.76. The highest BCUT2D eigenvalue weighted by atomic mass is 16.6. The first-order chi connectivity index (χ1) is 27.6. The summed E-state index contributed by atoms with van der Waals surface area (Å²) in [5, 5.41) is 6.40. The van der Waals surface area contributed by atoms with E-state index in [1.165, 1.54) is 123 Å². The lowest BCUT2D eigenvalue weighted by atomic mass is 9.32. The molecule has 2 N–H and O–H groups in total. The summed E-state index contributed by atoms with van der Waals surface area (Å²) in [6.07, 6.45) is 11.3. The van der Waals surface area contributed by atoms with Crippen LogP contribution in [0.3, 0.4) is 0 Å². The fraction of sp³-hybridized carbons (Fsp3) is 0.917. The van der Waals surface area contributed by atoms with E-state index in [-0.39, 0.29) is 45.4 Å². The number of amides is 2. The van der Waals surface area contributed by atoms with E-state index < -0.39 is 0 Å². The van der Waals surface area contributed by atoms with Crippen molar-refractivity contribution < 1.29 is 28.0 Å². The predicted molar refractivity (Wildman–Crippen MR) is 229 cm³/mol. The lowest BCUT2D eigenvalue weighted by molar-refractivity contribution is -0.939. The maximum Gasteiger partial charge on any atom is 0.407 e. The van der Waals surface area contributed by atoms with Gasteiger partial charge in [-0.05, 0) is 117 Å². The van der Waals surface area contributed by atoms with E-state index in [1.807, 2.05) is 0 Å². The Balaban J connectivity index is 0.846. The first kappa shape index (κ1) is 41.5. The molecule has 326 valence electrons. The molecule has 6 aliphatic heterocycles. The van der Waals surface area contributed by atoms with Gasteiger partial charge >= 0.3 is 12.2 Å². The number of ether oxygens (including phenoxy) is 2. The molecular weight excluding hydrogens is 725 g/mol. The van der Waals surface area contributed by atoms with Gasteiger partial charge in [0.15, 0.2) is 0 Å². The fourth-order valence-electron chi connectivity index (χ4n) is 17.1. The number of carbonyl (C=O) groups excluding carboxylic acids is 2. The molecule has 11 fully saturated rings. The van der Waals surface area contributed by atoms with Gasteiger partial charge < -0.3 is 29.1 Å². The molecule has 6 saturated heterocycles. The van der Waals surface area contributed by atoms with Gasteiger partial charge in [-0.3, -0.25) is 9.80 Å². The fourth-order valence-corrected chi connectivity index (χ4v) is 17.1. The topological polar surface area (TPSA) is 83.1 Å². The molecule has 5 saturated carbocycles. The molecule has 11 rings (SSSR count). The highest BCUT2D eigenvalue weighted by Crippen LogP contribution is 2.77. The summed E-state index contributed by atoms with van der Waals surface area (Å²) in [5.74, 6) is 2.82. The smallest absolute Gasteiger partial charge is 0.407 e. The molecule has 0 aromatic carbocycles. The molecule has 0 radical (unpaired) electrons. The Morgan fingerprint density at radius 1 is 0.672 bits per heavy atom. The normalized spacial score (nSPS) is 48.4. The maximum atomic E-state index is 13.4. The van der Waals surface area contributed by atoms with Gasteiger partial charge in [-0.15, -0.1) is 0 Å². The van der Waals surface area contributed by atoms with Crippen LogP contribution >= 0.6 is 0 Å². The van der Waals surface area contributed by atoms with Gasteiger partial charge in [0.05, 0.1) is 72.1 Å². The van der Waals surface area contributed by atoms with Crippen molar-refractivity contribution in [1.29, 1.82) is 0 Å². The molecule has 10 atom stereocenters. The van der Waals surface area contributed by atoms with Gasteiger partial charge in [-0.2, -0.15) is 0 Å². The minimum atomic E-state index is -0.209. The molecule has 4 bridgehead atoms. The number of alkyl carbamates (subject to hydrolysis) is 2. The lowest BCUT2D eigenvalue weighted by Gasteiger charge is -2.73. The van der Waals surface area contributed by atoms with Crippen LogP contribution in [0.1, 0.15) is 106 Å². The van der Waals surface area contributed by atoms with Crippen molar-refractivity contribution in [3.05, 3.63) is 12.2 Å². The SMILES string of the molecule is C=C(C)C1CC[C@]2(COC(=O)NCC[N+]34CCN(CC3)CC4)CC[C@]3(C)C(CCC4[C@@]5(C)CC[C@H](OC(=O)NCC[N+]67CCN(CC6)CC7)C(C)(C)C5CC[C@]43C)C12. The van der Waals surface area contributed by atoms with Crippen LogP contribution in [-0.4, -0.2) is 148 Å². The second-order valence-corrected chi connectivity index (χ2v) is 23.4. The first-order valence-corrected chi connectivity index (χ1v) is 24.2. The third kappa shape index (κ3) is 6.69. The second-order valence-electron chi connectivity index (χ2n) is 23.4. The summed E-state index contributed by atoms with van der Waals surface area (Å²) in [5.41, 5.74) is 2.01. The van der Waals surface area contributed by atoms with Gasteiger partial charge in [0, 0.05) is 50.1 Å². The van der Waals surface area contributed by atoms with Crippen LogP contribution in [0, 0.1) is 56.7 Å². The van der Waals surface area contributed by atoms with Crippen LogP contribution in [0.25, 0.3) is 0 Å². The van der Waals surface area contributed by atoms with Gasteiger partial charge in [0.1, 0.15) is 6.10 Å². The molecule has 11 aliphatic rings. The Morgan fingerprint density at radius 2 is 1.26 bits per heavy atom. The Hall–Kier alpha value is -1.88. The zero-order valence-corrected chi connectivity index (χ0v) is 37.7. The number of quaternary nitrogens is 2. The number of rotatable bonds is 10. The van der Waals surface area contributed by atoms with Gasteiger partial charge in [-0.1, -0.05) is 46.8 Å². The van der Waals surface area contributed by atoms with Crippen molar-refractivity contribution in [1.82, 2.24) is 20.4 Å². The number of hydrogen-bond acceptors (Lipinski definition) is 6. The van der Waals surface area contributed by atoms with Crippen molar-refractivity contribution in [2.75, 3.05) is 111 Å². The largest absolute Gasteiger partial charge is 0.449 e. The van der Waals surface area contributed by atoms with Crippen LogP contribution in [0.5, 0.6) is 0 Å². The highest BCUT2D eigenvalue weighted by Gasteiger charge is 2.71. The van der Waals surface area contributed by atoms with E-state index in [0.717, 1.165) is 47.7 Å². The number of nitrogens with one attached hydrogen (secondary N) is 2. The standard InChI is InChI=1S/C48H80N6O4/c1-35(2)36-10-15-48(34-57-42(55)49-18-26-53-28-20-51(21-29-53)22-30-53)17-16-46(6)37(41(36)48)8-9-39-45(5)13-12-40(44(3,4)38(45)11-14-47(39,46)7)58-43(56)50-19-27-54-31-23-52(24-32-54)25-33-54/h36-41H,1,8-34H2,2-7H3/p+2/t36?,37?,38?,39?,40-,41?,45-,46+,47+,48+/m0/s1. The Bertz CT molecular complexity index is 1560. The zero-order valence-electron chi connectivity index (χ0n) is 37.7. The maximum absolute atomic E-state index is 13.4. The summed E-state index contributed by atoms with van der Waals surface area (Å²) in [7, 11) is 0.